The Morgan fingerprint density at radius 2 is 2.13 bits per heavy atom. The molecule has 15 heavy (non-hydrogen) atoms. The Balaban J connectivity index is 2.06. The highest BCUT2D eigenvalue weighted by Crippen LogP contribution is 2.47. The summed E-state index contributed by atoms with van der Waals surface area (Å²) in [5.74, 6) is -0.0787. The number of hydrogen-bond donors (Lipinski definition) is 1. The Morgan fingerprint density at radius 3 is 2.60 bits per heavy atom. The first-order valence-corrected chi connectivity index (χ1v) is 5.42. The van der Waals surface area contributed by atoms with Crippen molar-refractivity contribution in [3.63, 3.8) is 0 Å². The predicted molar refractivity (Wildman–Crippen MR) is 53.7 cm³/mol. The lowest BCUT2D eigenvalue weighted by molar-refractivity contribution is -0.141. The van der Waals surface area contributed by atoms with Gasteiger partial charge in [-0.15, -0.1) is 0 Å². The van der Waals surface area contributed by atoms with Crippen LogP contribution in [0.25, 0.3) is 0 Å². The third-order valence-electron chi connectivity index (χ3n) is 3.34. The molecule has 0 spiro atoms. The smallest absolute Gasteiger partial charge is 0.243 e. The number of rotatable bonds is 1. The molecule has 2 aliphatic rings. The van der Waals surface area contributed by atoms with Gasteiger partial charge in [0.1, 0.15) is 5.41 Å². The van der Waals surface area contributed by atoms with Crippen molar-refractivity contribution in [1.29, 1.82) is 5.26 Å². The van der Waals surface area contributed by atoms with E-state index < -0.39 is 11.0 Å². The number of carbonyl (C=O) groups excluding carboxylic acids is 1. The number of β-amino-alcohol motifs (C(OH)–C–C–N with tert-alkyl or cyclic N) is 1. The summed E-state index contributed by atoms with van der Waals surface area (Å²) in [6, 6.07) is 2.10. The first kappa shape index (κ1) is 10.4. The summed E-state index contributed by atoms with van der Waals surface area (Å²) in [6.45, 7) is 2.80. The Hall–Kier alpha value is -1.08. The fourth-order valence-electron chi connectivity index (χ4n) is 2.19. The monoisotopic (exact) mass is 208 g/mol. The van der Waals surface area contributed by atoms with Gasteiger partial charge in [-0.2, -0.15) is 5.26 Å². The van der Waals surface area contributed by atoms with E-state index in [1.165, 1.54) is 0 Å². The van der Waals surface area contributed by atoms with E-state index in [1.54, 1.807) is 11.8 Å². The zero-order valence-corrected chi connectivity index (χ0v) is 8.99. The highest BCUT2D eigenvalue weighted by molar-refractivity contribution is 5.88. The second-order valence-electron chi connectivity index (χ2n) is 5.02. The van der Waals surface area contributed by atoms with Crippen LogP contribution in [0.1, 0.15) is 32.6 Å². The van der Waals surface area contributed by atoms with Crippen LogP contribution >= 0.6 is 0 Å². The van der Waals surface area contributed by atoms with E-state index in [4.69, 9.17) is 5.26 Å². The summed E-state index contributed by atoms with van der Waals surface area (Å²) in [5.41, 5.74) is -1.52. The van der Waals surface area contributed by atoms with Crippen LogP contribution in [0.4, 0.5) is 0 Å². The quantitative estimate of drug-likeness (QED) is 0.688. The molecule has 1 atom stereocenters. The van der Waals surface area contributed by atoms with Gasteiger partial charge in [0.05, 0.1) is 11.7 Å². The molecular weight excluding hydrogens is 192 g/mol. The summed E-state index contributed by atoms with van der Waals surface area (Å²) in [4.78, 5) is 13.6. The number of piperidine rings is 1. The topological polar surface area (TPSA) is 64.3 Å². The lowest BCUT2D eigenvalue weighted by atomic mass is 9.93. The molecule has 0 bridgehead atoms. The van der Waals surface area contributed by atoms with Crippen molar-refractivity contribution < 1.29 is 9.90 Å². The third-order valence-corrected chi connectivity index (χ3v) is 3.34. The van der Waals surface area contributed by atoms with Crippen LogP contribution in [0.5, 0.6) is 0 Å². The van der Waals surface area contributed by atoms with E-state index in [9.17, 15) is 9.90 Å². The van der Waals surface area contributed by atoms with Crippen LogP contribution in [-0.4, -0.2) is 34.6 Å². The van der Waals surface area contributed by atoms with Crippen LogP contribution < -0.4 is 0 Å². The largest absolute Gasteiger partial charge is 0.388 e. The minimum Gasteiger partial charge on any atom is -0.388 e. The molecule has 0 aromatic heterocycles. The maximum absolute atomic E-state index is 12.0. The molecule has 1 heterocycles. The van der Waals surface area contributed by atoms with E-state index in [1.807, 2.05) is 0 Å². The molecule has 1 saturated heterocycles. The van der Waals surface area contributed by atoms with Gasteiger partial charge in [-0.05, 0) is 32.6 Å². The molecule has 2 rings (SSSR count). The molecule has 1 amide bonds. The lowest BCUT2D eigenvalue weighted by Gasteiger charge is -2.37. The number of nitrogens with zero attached hydrogens (tertiary/aromatic N) is 2. The van der Waals surface area contributed by atoms with Crippen LogP contribution in [-0.2, 0) is 4.79 Å². The lowest BCUT2D eigenvalue weighted by Crippen LogP contribution is -2.50. The molecule has 0 radical (unpaired) electrons. The Kier molecular flexibility index (Phi) is 2.23. The van der Waals surface area contributed by atoms with Crippen molar-refractivity contribution in [2.75, 3.05) is 13.1 Å². The summed E-state index contributed by atoms with van der Waals surface area (Å²) >= 11 is 0. The molecule has 4 nitrogen and oxygen atoms in total. The van der Waals surface area contributed by atoms with Crippen LogP contribution in [0.2, 0.25) is 0 Å². The average molecular weight is 208 g/mol. The molecule has 4 heteroatoms. The molecule has 1 aliphatic heterocycles. The molecule has 0 aromatic carbocycles. The van der Waals surface area contributed by atoms with E-state index in [2.05, 4.69) is 6.07 Å². The zero-order valence-electron chi connectivity index (χ0n) is 8.99. The summed E-state index contributed by atoms with van der Waals surface area (Å²) in [5, 5.41) is 18.8. The standard InChI is InChI=1S/C11H16N2O2/c1-10(15)3-2-6-13(8-10)9(14)11(7-12)4-5-11/h15H,2-6,8H2,1H3. The van der Waals surface area contributed by atoms with E-state index in [-0.39, 0.29) is 5.91 Å². The number of hydrogen-bond acceptors (Lipinski definition) is 3. The fraction of sp³-hybridized carbons (Fsp3) is 0.818. The van der Waals surface area contributed by atoms with Gasteiger partial charge >= 0.3 is 0 Å². The Bertz CT molecular complexity index is 326. The Morgan fingerprint density at radius 1 is 1.47 bits per heavy atom. The first-order chi connectivity index (χ1) is 6.99. The van der Waals surface area contributed by atoms with Crippen LogP contribution in [0.3, 0.4) is 0 Å². The van der Waals surface area contributed by atoms with Crippen molar-refractivity contribution in [3.8, 4) is 6.07 Å². The minimum absolute atomic E-state index is 0.0787. The molecular formula is C11H16N2O2. The van der Waals surface area contributed by atoms with Crippen molar-refractivity contribution in [1.82, 2.24) is 4.90 Å². The highest BCUT2D eigenvalue weighted by atomic mass is 16.3. The minimum atomic E-state index is -0.778. The molecule has 1 aliphatic carbocycles. The molecule has 1 N–H and O–H groups in total. The average Bonchev–Trinajstić information content (AvgIpc) is 2.96. The van der Waals surface area contributed by atoms with Gasteiger partial charge in [0.2, 0.25) is 5.91 Å². The molecule has 1 unspecified atom stereocenters. The van der Waals surface area contributed by atoms with E-state index in [0.717, 1.165) is 12.8 Å². The van der Waals surface area contributed by atoms with Gasteiger partial charge in [-0.1, -0.05) is 0 Å². The van der Waals surface area contributed by atoms with Gasteiger partial charge in [0.25, 0.3) is 0 Å². The zero-order chi connectivity index (χ0) is 11.1. The van der Waals surface area contributed by atoms with Crippen molar-refractivity contribution in [2.24, 2.45) is 5.41 Å². The molecule has 1 saturated carbocycles. The van der Waals surface area contributed by atoms with Gasteiger partial charge < -0.3 is 10.0 Å². The van der Waals surface area contributed by atoms with Gasteiger partial charge in [0.15, 0.2) is 0 Å². The summed E-state index contributed by atoms with van der Waals surface area (Å²) in [6.07, 6.45) is 2.92. The van der Waals surface area contributed by atoms with E-state index in [0.29, 0.717) is 25.9 Å². The second kappa shape index (κ2) is 3.21. The number of nitriles is 1. The number of aliphatic hydroxyl groups is 1. The molecule has 0 aromatic rings. The number of carbonyl (C=O) groups is 1. The normalized spacial score (nSPS) is 33.3. The predicted octanol–water partition coefficient (Wildman–Crippen LogP) is 0.664. The first-order valence-electron chi connectivity index (χ1n) is 5.42. The summed E-state index contributed by atoms with van der Waals surface area (Å²) < 4.78 is 0. The fourth-order valence-corrected chi connectivity index (χ4v) is 2.19. The highest BCUT2D eigenvalue weighted by Gasteiger charge is 2.53. The van der Waals surface area contributed by atoms with E-state index >= 15 is 0 Å². The molecule has 2 fully saturated rings. The number of likely N-dealkylation sites (tertiary alicyclic amines) is 1. The third kappa shape index (κ3) is 1.84. The van der Waals surface area contributed by atoms with Crippen LogP contribution in [0, 0.1) is 16.7 Å². The number of amides is 1. The maximum atomic E-state index is 12.0. The van der Waals surface area contributed by atoms with Gasteiger partial charge in [-0.3, -0.25) is 4.79 Å². The molecule has 82 valence electrons. The maximum Gasteiger partial charge on any atom is 0.243 e. The van der Waals surface area contributed by atoms with Crippen molar-refractivity contribution >= 4 is 5.91 Å². The SMILES string of the molecule is CC1(O)CCCN(C(=O)C2(C#N)CC2)C1. The van der Waals surface area contributed by atoms with Gasteiger partial charge in [0, 0.05) is 13.1 Å². The van der Waals surface area contributed by atoms with Crippen molar-refractivity contribution in [3.05, 3.63) is 0 Å². The van der Waals surface area contributed by atoms with Gasteiger partial charge in [-0.25, -0.2) is 0 Å². The van der Waals surface area contributed by atoms with Crippen LogP contribution in [0.15, 0.2) is 0 Å². The second-order valence-corrected chi connectivity index (χ2v) is 5.02. The Labute approximate surface area is 89.5 Å². The summed E-state index contributed by atoms with van der Waals surface area (Å²) in [7, 11) is 0. The van der Waals surface area contributed by atoms with Crippen molar-refractivity contribution in [2.45, 2.75) is 38.2 Å².